The van der Waals surface area contributed by atoms with E-state index in [-0.39, 0.29) is 6.04 Å². The van der Waals surface area contributed by atoms with E-state index in [1.54, 1.807) is 0 Å². The lowest BCUT2D eigenvalue weighted by molar-refractivity contribution is 0.520. The summed E-state index contributed by atoms with van der Waals surface area (Å²) in [7, 11) is 2.02. The number of hydrogen-bond acceptors (Lipinski definition) is 2. The number of nitrogens with zero attached hydrogens (tertiary/aromatic N) is 2. The predicted octanol–water partition coefficient (Wildman–Crippen LogP) is 3.28. The van der Waals surface area contributed by atoms with E-state index in [9.17, 15) is 0 Å². The molecule has 2 aromatic rings. The Labute approximate surface area is 119 Å². The van der Waals surface area contributed by atoms with Gasteiger partial charge in [-0.05, 0) is 37.1 Å². The fourth-order valence-electron chi connectivity index (χ4n) is 2.27. The summed E-state index contributed by atoms with van der Waals surface area (Å²) in [6.45, 7) is 5.08. The summed E-state index contributed by atoms with van der Waals surface area (Å²) in [6.07, 6.45) is 4.61. The summed E-state index contributed by atoms with van der Waals surface area (Å²) in [4.78, 5) is 4.19. The summed E-state index contributed by atoms with van der Waals surface area (Å²) in [5, 5.41) is 4.33. The van der Waals surface area contributed by atoms with Gasteiger partial charge in [-0.15, -0.1) is 0 Å². The standard InChI is InChI=1S/C15H20ClN3/c1-4-18-14(15-9-17-10-19(15)3)8-12-6-5-11(2)7-13(12)16/h5-7,9-10,14,18H,4,8H2,1-3H3. The van der Waals surface area contributed by atoms with Crippen LogP contribution in [-0.2, 0) is 13.5 Å². The number of likely N-dealkylation sites (N-methyl/N-ethyl adjacent to an activating group) is 1. The van der Waals surface area contributed by atoms with Crippen LogP contribution >= 0.6 is 11.6 Å². The zero-order chi connectivity index (χ0) is 13.8. The molecule has 1 N–H and O–H groups in total. The maximum atomic E-state index is 6.32. The number of halogens is 1. The Morgan fingerprint density at radius 2 is 2.21 bits per heavy atom. The highest BCUT2D eigenvalue weighted by Crippen LogP contribution is 2.24. The van der Waals surface area contributed by atoms with E-state index in [1.165, 1.54) is 16.8 Å². The molecule has 1 unspecified atom stereocenters. The number of imidazole rings is 1. The second-order valence-corrected chi connectivity index (χ2v) is 5.25. The van der Waals surface area contributed by atoms with Crippen molar-refractivity contribution in [3.63, 3.8) is 0 Å². The minimum Gasteiger partial charge on any atom is -0.336 e. The van der Waals surface area contributed by atoms with Crippen molar-refractivity contribution >= 4 is 11.6 Å². The molecule has 102 valence electrons. The van der Waals surface area contributed by atoms with Crippen LogP contribution in [0, 0.1) is 6.92 Å². The summed E-state index contributed by atoms with van der Waals surface area (Å²) in [6, 6.07) is 6.47. The molecule has 1 aromatic heterocycles. The van der Waals surface area contributed by atoms with Crippen molar-refractivity contribution < 1.29 is 0 Å². The number of aromatic nitrogens is 2. The Bertz CT molecular complexity index is 548. The van der Waals surface area contributed by atoms with Crippen molar-refractivity contribution in [3.05, 3.63) is 52.6 Å². The number of benzene rings is 1. The molecule has 0 bridgehead atoms. The SMILES string of the molecule is CCNC(Cc1ccc(C)cc1Cl)c1cncn1C. The first-order valence-corrected chi connectivity index (χ1v) is 6.94. The van der Waals surface area contributed by atoms with Crippen molar-refractivity contribution in [2.24, 2.45) is 7.05 Å². The number of aryl methyl sites for hydroxylation is 2. The minimum atomic E-state index is 0.234. The Hall–Kier alpha value is -1.32. The quantitative estimate of drug-likeness (QED) is 0.909. The molecule has 1 aromatic carbocycles. The first kappa shape index (κ1) is 14.1. The summed E-state index contributed by atoms with van der Waals surface area (Å²) in [5.41, 5.74) is 3.53. The molecule has 1 atom stereocenters. The Morgan fingerprint density at radius 3 is 2.79 bits per heavy atom. The van der Waals surface area contributed by atoms with Gasteiger partial charge in [0.05, 0.1) is 18.1 Å². The van der Waals surface area contributed by atoms with Crippen molar-refractivity contribution in [2.45, 2.75) is 26.3 Å². The highest BCUT2D eigenvalue weighted by Gasteiger charge is 2.15. The largest absolute Gasteiger partial charge is 0.336 e. The smallest absolute Gasteiger partial charge is 0.0946 e. The Balaban J connectivity index is 2.24. The Morgan fingerprint density at radius 1 is 1.42 bits per heavy atom. The average molecular weight is 278 g/mol. The summed E-state index contributed by atoms with van der Waals surface area (Å²) >= 11 is 6.32. The first-order valence-electron chi connectivity index (χ1n) is 6.56. The molecule has 1 heterocycles. The molecule has 0 saturated heterocycles. The van der Waals surface area contributed by atoms with E-state index < -0.39 is 0 Å². The van der Waals surface area contributed by atoms with Crippen LogP contribution in [0.15, 0.2) is 30.7 Å². The van der Waals surface area contributed by atoms with Crippen LogP contribution < -0.4 is 5.32 Å². The maximum absolute atomic E-state index is 6.32. The van der Waals surface area contributed by atoms with Crippen LogP contribution in [0.5, 0.6) is 0 Å². The van der Waals surface area contributed by atoms with Crippen LogP contribution in [0.4, 0.5) is 0 Å². The molecule has 0 radical (unpaired) electrons. The van der Waals surface area contributed by atoms with Crippen molar-refractivity contribution in [2.75, 3.05) is 6.54 Å². The predicted molar refractivity (Wildman–Crippen MR) is 79.5 cm³/mol. The van der Waals surface area contributed by atoms with E-state index >= 15 is 0 Å². The summed E-state index contributed by atoms with van der Waals surface area (Å²) in [5.74, 6) is 0. The van der Waals surface area contributed by atoms with Crippen LogP contribution in [0.3, 0.4) is 0 Å². The fraction of sp³-hybridized carbons (Fsp3) is 0.400. The molecule has 0 saturated carbocycles. The third-order valence-electron chi connectivity index (χ3n) is 3.29. The lowest BCUT2D eigenvalue weighted by atomic mass is 10.0. The normalized spacial score (nSPS) is 12.6. The van der Waals surface area contributed by atoms with Crippen LogP contribution in [0.1, 0.15) is 29.8 Å². The van der Waals surface area contributed by atoms with Gasteiger partial charge in [-0.25, -0.2) is 4.98 Å². The molecule has 2 rings (SSSR count). The van der Waals surface area contributed by atoms with Gasteiger partial charge in [0.1, 0.15) is 0 Å². The third kappa shape index (κ3) is 3.37. The van der Waals surface area contributed by atoms with Crippen molar-refractivity contribution in [1.29, 1.82) is 0 Å². The van der Waals surface area contributed by atoms with Crippen LogP contribution in [0.25, 0.3) is 0 Å². The van der Waals surface area contributed by atoms with Crippen LogP contribution in [0.2, 0.25) is 5.02 Å². The molecule has 19 heavy (non-hydrogen) atoms. The molecule has 3 nitrogen and oxygen atoms in total. The van der Waals surface area contributed by atoms with Gasteiger partial charge >= 0.3 is 0 Å². The van der Waals surface area contributed by atoms with E-state index in [1.807, 2.05) is 25.6 Å². The van der Waals surface area contributed by atoms with Gasteiger partial charge in [0.25, 0.3) is 0 Å². The molecule has 0 aliphatic rings. The minimum absolute atomic E-state index is 0.234. The topological polar surface area (TPSA) is 29.9 Å². The highest BCUT2D eigenvalue weighted by molar-refractivity contribution is 6.31. The third-order valence-corrected chi connectivity index (χ3v) is 3.65. The molecule has 0 aliphatic carbocycles. The Kier molecular flexibility index (Phi) is 4.61. The molecule has 0 amide bonds. The molecular weight excluding hydrogens is 258 g/mol. The lowest BCUT2D eigenvalue weighted by Crippen LogP contribution is -2.25. The summed E-state index contributed by atoms with van der Waals surface area (Å²) < 4.78 is 2.05. The van der Waals surface area contributed by atoms with Gasteiger partial charge in [0.15, 0.2) is 0 Å². The van der Waals surface area contributed by atoms with E-state index in [2.05, 4.69) is 40.8 Å². The van der Waals surface area contributed by atoms with Gasteiger partial charge in [-0.3, -0.25) is 0 Å². The second kappa shape index (κ2) is 6.22. The van der Waals surface area contributed by atoms with Gasteiger partial charge < -0.3 is 9.88 Å². The monoisotopic (exact) mass is 277 g/mol. The average Bonchev–Trinajstić information content (AvgIpc) is 2.78. The first-order chi connectivity index (χ1) is 9.11. The van der Waals surface area contributed by atoms with Crippen molar-refractivity contribution in [3.8, 4) is 0 Å². The van der Waals surface area contributed by atoms with Gasteiger partial charge in [0, 0.05) is 18.3 Å². The molecule has 0 spiro atoms. The molecule has 0 fully saturated rings. The van der Waals surface area contributed by atoms with Crippen LogP contribution in [-0.4, -0.2) is 16.1 Å². The zero-order valence-electron chi connectivity index (χ0n) is 11.7. The molecular formula is C15H20ClN3. The number of nitrogens with one attached hydrogen (secondary N) is 1. The van der Waals surface area contributed by atoms with Gasteiger partial charge in [0.2, 0.25) is 0 Å². The highest BCUT2D eigenvalue weighted by atomic mass is 35.5. The number of rotatable bonds is 5. The van der Waals surface area contributed by atoms with E-state index in [0.717, 1.165) is 18.0 Å². The molecule has 4 heteroatoms. The van der Waals surface area contributed by atoms with Gasteiger partial charge in [-0.1, -0.05) is 30.7 Å². The fourth-order valence-corrected chi connectivity index (χ4v) is 2.58. The lowest BCUT2D eigenvalue weighted by Gasteiger charge is -2.19. The number of hydrogen-bond donors (Lipinski definition) is 1. The zero-order valence-corrected chi connectivity index (χ0v) is 12.4. The van der Waals surface area contributed by atoms with Crippen molar-refractivity contribution in [1.82, 2.24) is 14.9 Å². The van der Waals surface area contributed by atoms with Gasteiger partial charge in [-0.2, -0.15) is 0 Å². The maximum Gasteiger partial charge on any atom is 0.0946 e. The molecule has 0 aliphatic heterocycles. The van der Waals surface area contributed by atoms with E-state index in [0.29, 0.717) is 0 Å². The second-order valence-electron chi connectivity index (χ2n) is 4.84. The van der Waals surface area contributed by atoms with E-state index in [4.69, 9.17) is 11.6 Å².